The minimum Gasteiger partial charge on any atom is -0.355 e. The summed E-state index contributed by atoms with van der Waals surface area (Å²) in [7, 11) is 2.06. The lowest BCUT2D eigenvalue weighted by Gasteiger charge is -2.34. The first-order chi connectivity index (χ1) is 15.2. The molecule has 174 valence electrons. The van der Waals surface area contributed by atoms with Crippen LogP contribution in [0.4, 0.5) is 19.0 Å². The van der Waals surface area contributed by atoms with E-state index >= 15 is 0 Å². The number of alkyl halides is 3. The number of nitrogens with zero attached hydrogens (tertiary/aromatic N) is 3. The Morgan fingerprint density at radius 1 is 1.22 bits per heavy atom. The van der Waals surface area contributed by atoms with Gasteiger partial charge in [0.15, 0.2) is 0 Å². The molecule has 1 atom stereocenters. The van der Waals surface area contributed by atoms with Crippen LogP contribution in [0.1, 0.15) is 43.4 Å². The van der Waals surface area contributed by atoms with E-state index in [1.165, 1.54) is 12.3 Å². The van der Waals surface area contributed by atoms with Gasteiger partial charge in [0.25, 0.3) is 0 Å². The van der Waals surface area contributed by atoms with Crippen LogP contribution in [0.5, 0.6) is 0 Å². The first kappa shape index (κ1) is 24.0. The summed E-state index contributed by atoms with van der Waals surface area (Å²) in [6.07, 6.45) is -1.83. The van der Waals surface area contributed by atoms with Crippen LogP contribution >= 0.6 is 0 Å². The van der Waals surface area contributed by atoms with Crippen LogP contribution in [-0.2, 0) is 24.1 Å². The molecule has 0 spiro atoms. The summed E-state index contributed by atoms with van der Waals surface area (Å²) in [6.45, 7) is 6.11. The molecule has 1 aliphatic heterocycles. The van der Waals surface area contributed by atoms with E-state index in [-0.39, 0.29) is 24.2 Å². The molecule has 1 unspecified atom stereocenters. The zero-order chi connectivity index (χ0) is 23.3. The lowest BCUT2D eigenvalue weighted by atomic mass is 9.96. The molecule has 8 heteroatoms. The van der Waals surface area contributed by atoms with Crippen LogP contribution in [0, 0.1) is 5.92 Å². The number of halogens is 3. The number of amides is 1. The second kappa shape index (κ2) is 10.3. The van der Waals surface area contributed by atoms with Crippen molar-refractivity contribution >= 4 is 11.7 Å². The summed E-state index contributed by atoms with van der Waals surface area (Å²) in [4.78, 5) is 20.7. The Morgan fingerprint density at radius 3 is 2.62 bits per heavy atom. The van der Waals surface area contributed by atoms with E-state index in [1.807, 2.05) is 18.2 Å². The average Bonchev–Trinajstić information content (AvgIpc) is 2.77. The lowest BCUT2D eigenvalue weighted by Crippen LogP contribution is -2.44. The monoisotopic (exact) mass is 448 g/mol. The molecular formula is C24H31F3N4O. The molecule has 1 saturated heterocycles. The quantitative estimate of drug-likeness (QED) is 0.679. The largest absolute Gasteiger partial charge is 0.419 e. The summed E-state index contributed by atoms with van der Waals surface area (Å²) in [5.41, 5.74) is 1.44. The predicted molar refractivity (Wildman–Crippen MR) is 119 cm³/mol. The van der Waals surface area contributed by atoms with Gasteiger partial charge in [0.1, 0.15) is 5.82 Å². The van der Waals surface area contributed by atoms with Crippen LogP contribution in [0.15, 0.2) is 42.6 Å². The molecule has 2 aromatic rings. The highest BCUT2D eigenvalue weighted by molar-refractivity contribution is 5.79. The number of carbonyl (C=O) groups is 1. The second-order valence-corrected chi connectivity index (χ2v) is 8.65. The molecule has 32 heavy (non-hydrogen) atoms. The molecule has 0 bridgehead atoms. The Morgan fingerprint density at radius 2 is 1.94 bits per heavy atom. The molecule has 2 heterocycles. The maximum atomic E-state index is 13.4. The van der Waals surface area contributed by atoms with Gasteiger partial charge < -0.3 is 10.2 Å². The van der Waals surface area contributed by atoms with E-state index in [0.29, 0.717) is 32.0 Å². The normalized spacial score (nSPS) is 17.1. The molecule has 3 rings (SSSR count). The van der Waals surface area contributed by atoms with Gasteiger partial charge in [-0.25, -0.2) is 4.98 Å². The number of benzene rings is 1. The Hall–Kier alpha value is -2.61. The number of anilines is 1. The van der Waals surface area contributed by atoms with E-state index in [1.54, 1.807) is 4.90 Å². The summed E-state index contributed by atoms with van der Waals surface area (Å²) in [5, 5.41) is 3.00. The molecule has 1 aliphatic rings. The Bertz CT molecular complexity index is 916. The lowest BCUT2D eigenvalue weighted by molar-refractivity contribution is -0.137. The van der Waals surface area contributed by atoms with Gasteiger partial charge in [0, 0.05) is 38.4 Å². The number of rotatable bonds is 7. The predicted octanol–water partition coefficient (Wildman–Crippen LogP) is 4.47. The van der Waals surface area contributed by atoms with Gasteiger partial charge in [0.2, 0.25) is 5.91 Å². The molecule has 0 radical (unpaired) electrons. The van der Waals surface area contributed by atoms with Crippen LogP contribution < -0.4 is 10.2 Å². The highest BCUT2D eigenvalue weighted by Crippen LogP contribution is 2.36. The SMILES string of the molecule is CC(C)N(C)Cc1ccccc1CNC(=O)C1CCCN(c2ncccc2C(F)(F)F)C1. The second-order valence-electron chi connectivity index (χ2n) is 8.65. The minimum atomic E-state index is -4.48. The highest BCUT2D eigenvalue weighted by Gasteiger charge is 2.37. The van der Waals surface area contributed by atoms with Gasteiger partial charge >= 0.3 is 6.18 Å². The van der Waals surface area contributed by atoms with Crippen LogP contribution in [0.2, 0.25) is 0 Å². The smallest absolute Gasteiger partial charge is 0.355 e. The van der Waals surface area contributed by atoms with Crippen molar-refractivity contribution in [2.24, 2.45) is 5.92 Å². The Kier molecular flexibility index (Phi) is 7.77. The standard InChI is InChI=1S/C24H31F3N4O/c1-17(2)30(3)15-19-9-5-4-8-18(19)14-29-23(32)20-10-7-13-31(16-20)22-21(24(25,26)27)11-6-12-28-22/h4-6,8-9,11-12,17,20H,7,10,13-16H2,1-3H3,(H,29,32). The molecule has 0 saturated carbocycles. The fourth-order valence-corrected chi connectivity index (χ4v) is 3.92. The molecule has 1 N–H and O–H groups in total. The molecule has 1 aromatic carbocycles. The van der Waals surface area contributed by atoms with Crippen molar-refractivity contribution in [3.63, 3.8) is 0 Å². The number of pyridine rings is 1. The van der Waals surface area contributed by atoms with E-state index < -0.39 is 11.7 Å². The fourth-order valence-electron chi connectivity index (χ4n) is 3.92. The fraction of sp³-hybridized carbons (Fsp3) is 0.500. The topological polar surface area (TPSA) is 48.5 Å². The summed E-state index contributed by atoms with van der Waals surface area (Å²) < 4.78 is 40.2. The van der Waals surface area contributed by atoms with Gasteiger partial charge in [-0.15, -0.1) is 0 Å². The third kappa shape index (κ3) is 6.00. The molecule has 1 fully saturated rings. The van der Waals surface area contributed by atoms with Crippen molar-refractivity contribution in [3.8, 4) is 0 Å². The molecule has 1 aromatic heterocycles. The molecule has 1 amide bonds. The van der Waals surface area contributed by atoms with Gasteiger partial charge in [-0.2, -0.15) is 13.2 Å². The maximum absolute atomic E-state index is 13.4. The van der Waals surface area contributed by atoms with Gasteiger partial charge in [0.05, 0.1) is 11.5 Å². The van der Waals surface area contributed by atoms with E-state index in [9.17, 15) is 18.0 Å². The van der Waals surface area contributed by atoms with Gasteiger partial charge in [-0.05, 0) is 57.0 Å². The molecule has 5 nitrogen and oxygen atoms in total. The van der Waals surface area contributed by atoms with Gasteiger partial charge in [-0.3, -0.25) is 9.69 Å². The number of piperidine rings is 1. The average molecular weight is 449 g/mol. The minimum absolute atomic E-state index is 0.0976. The van der Waals surface area contributed by atoms with Crippen LogP contribution in [-0.4, -0.2) is 42.0 Å². The maximum Gasteiger partial charge on any atom is 0.419 e. The number of carbonyl (C=O) groups excluding carboxylic acids is 1. The first-order valence-corrected chi connectivity index (χ1v) is 11.0. The van der Waals surface area contributed by atoms with Crippen molar-refractivity contribution in [1.29, 1.82) is 0 Å². The molecular weight excluding hydrogens is 417 g/mol. The number of hydrogen-bond acceptors (Lipinski definition) is 4. The summed E-state index contributed by atoms with van der Waals surface area (Å²) in [6, 6.07) is 10.7. The van der Waals surface area contributed by atoms with E-state index in [4.69, 9.17) is 0 Å². The number of aromatic nitrogens is 1. The first-order valence-electron chi connectivity index (χ1n) is 11.0. The zero-order valence-corrected chi connectivity index (χ0v) is 18.8. The van der Waals surface area contributed by atoms with Gasteiger partial charge in [-0.1, -0.05) is 24.3 Å². The van der Waals surface area contributed by atoms with Crippen molar-refractivity contribution < 1.29 is 18.0 Å². The third-order valence-corrected chi connectivity index (χ3v) is 6.06. The van der Waals surface area contributed by atoms with E-state index in [2.05, 4.69) is 42.2 Å². The molecule has 0 aliphatic carbocycles. The Labute approximate surface area is 187 Å². The zero-order valence-electron chi connectivity index (χ0n) is 18.8. The highest BCUT2D eigenvalue weighted by atomic mass is 19.4. The number of nitrogens with one attached hydrogen (secondary N) is 1. The summed E-state index contributed by atoms with van der Waals surface area (Å²) >= 11 is 0. The Balaban J connectivity index is 1.65. The van der Waals surface area contributed by atoms with Crippen molar-refractivity contribution in [2.45, 2.75) is 52.0 Å². The third-order valence-electron chi connectivity index (χ3n) is 6.06. The van der Waals surface area contributed by atoms with Crippen molar-refractivity contribution in [1.82, 2.24) is 15.2 Å². The van der Waals surface area contributed by atoms with E-state index in [0.717, 1.165) is 23.7 Å². The summed E-state index contributed by atoms with van der Waals surface area (Å²) in [5.74, 6) is -0.608. The van der Waals surface area contributed by atoms with Crippen molar-refractivity contribution in [3.05, 3.63) is 59.3 Å². The van der Waals surface area contributed by atoms with Crippen LogP contribution in [0.3, 0.4) is 0 Å². The van der Waals surface area contributed by atoms with Crippen molar-refractivity contribution in [2.75, 3.05) is 25.0 Å². The van der Waals surface area contributed by atoms with Crippen LogP contribution in [0.25, 0.3) is 0 Å². The number of hydrogen-bond donors (Lipinski definition) is 1.